The second kappa shape index (κ2) is 2.76. The maximum absolute atomic E-state index is 9.78. The molecule has 0 spiro atoms. The molecule has 4 nitrogen and oxygen atoms in total. The van der Waals surface area contributed by atoms with Crippen LogP contribution in [0.3, 0.4) is 0 Å². The van der Waals surface area contributed by atoms with Crippen molar-refractivity contribution in [3.63, 3.8) is 0 Å². The van der Waals surface area contributed by atoms with E-state index in [0.717, 1.165) is 0 Å². The molecule has 0 saturated carbocycles. The Labute approximate surface area is 51.9 Å². The first-order valence-corrected chi connectivity index (χ1v) is 2.40. The number of amides is 1. The predicted molar refractivity (Wildman–Crippen MR) is 31.7 cm³/mol. The largest absolute Gasteiger partial charge is 0.297 e. The maximum Gasteiger partial charge on any atom is 0.229 e. The average molecular weight is 123 g/mol. The summed E-state index contributed by atoms with van der Waals surface area (Å²) in [5.74, 6) is 0.326. The van der Waals surface area contributed by atoms with E-state index >= 15 is 0 Å². The van der Waals surface area contributed by atoms with Gasteiger partial charge in [-0.2, -0.15) is 0 Å². The van der Waals surface area contributed by atoms with Gasteiger partial charge in [-0.25, -0.2) is 9.97 Å². The van der Waals surface area contributed by atoms with Gasteiger partial charge >= 0.3 is 0 Å². The molecule has 1 N–H and O–H groups in total. The summed E-state index contributed by atoms with van der Waals surface area (Å²) < 4.78 is 0. The lowest BCUT2D eigenvalue weighted by molar-refractivity contribution is -0.105. The Morgan fingerprint density at radius 1 is 1.44 bits per heavy atom. The van der Waals surface area contributed by atoms with Gasteiger partial charge in [-0.1, -0.05) is 0 Å². The van der Waals surface area contributed by atoms with Crippen molar-refractivity contribution in [3.05, 3.63) is 18.5 Å². The molecule has 46 valence electrons. The Kier molecular flexibility index (Phi) is 1.74. The van der Waals surface area contributed by atoms with Gasteiger partial charge in [0.1, 0.15) is 0 Å². The van der Waals surface area contributed by atoms with Crippen molar-refractivity contribution in [1.82, 2.24) is 9.97 Å². The molecule has 1 aromatic rings. The Hall–Kier alpha value is -1.45. The van der Waals surface area contributed by atoms with E-state index in [1.54, 1.807) is 18.5 Å². The summed E-state index contributed by atoms with van der Waals surface area (Å²) in [5.41, 5.74) is 0. The third-order valence-corrected chi connectivity index (χ3v) is 0.754. The predicted octanol–water partition coefficient (Wildman–Crippen LogP) is 0.0449. The van der Waals surface area contributed by atoms with E-state index in [1.807, 2.05) is 0 Å². The number of rotatable bonds is 2. The zero-order valence-corrected chi connectivity index (χ0v) is 4.61. The van der Waals surface area contributed by atoms with Crippen molar-refractivity contribution in [2.75, 3.05) is 5.32 Å². The summed E-state index contributed by atoms with van der Waals surface area (Å²) in [5, 5.41) is 2.30. The molecule has 0 aliphatic carbocycles. The first kappa shape index (κ1) is 5.68. The molecule has 0 radical (unpaired) electrons. The molecule has 0 aliphatic heterocycles. The molecule has 0 atom stereocenters. The molecule has 0 bridgehead atoms. The fourth-order valence-corrected chi connectivity index (χ4v) is 0.426. The lowest BCUT2D eigenvalue weighted by atomic mass is 10.7. The second-order valence-corrected chi connectivity index (χ2v) is 1.33. The van der Waals surface area contributed by atoms with E-state index < -0.39 is 0 Å². The highest BCUT2D eigenvalue weighted by molar-refractivity contribution is 5.66. The first-order chi connectivity index (χ1) is 4.43. The minimum absolute atomic E-state index is 0.326. The maximum atomic E-state index is 9.78. The second-order valence-electron chi connectivity index (χ2n) is 1.33. The van der Waals surface area contributed by atoms with Crippen molar-refractivity contribution < 1.29 is 4.79 Å². The summed E-state index contributed by atoms with van der Waals surface area (Å²) in [6.07, 6.45) is 3.65. The van der Waals surface area contributed by atoms with Crippen LogP contribution < -0.4 is 5.32 Å². The fourth-order valence-electron chi connectivity index (χ4n) is 0.426. The number of nitrogens with zero attached hydrogens (tertiary/aromatic N) is 2. The summed E-state index contributed by atoms with van der Waals surface area (Å²) in [6.45, 7) is 0. The molecular weight excluding hydrogens is 118 g/mol. The van der Waals surface area contributed by atoms with Gasteiger partial charge in [0.05, 0.1) is 0 Å². The molecular formula is C5H5N3O. The molecule has 9 heavy (non-hydrogen) atoms. The molecule has 0 fully saturated rings. The number of hydrogen-bond acceptors (Lipinski definition) is 3. The Balaban J connectivity index is 2.72. The molecule has 0 unspecified atom stereocenters. The molecule has 4 heteroatoms. The number of anilines is 1. The van der Waals surface area contributed by atoms with E-state index in [-0.39, 0.29) is 0 Å². The number of nitrogens with one attached hydrogen (secondary N) is 1. The molecule has 0 aliphatic rings. The van der Waals surface area contributed by atoms with Gasteiger partial charge < -0.3 is 0 Å². The summed E-state index contributed by atoms with van der Waals surface area (Å²) in [7, 11) is 0. The number of hydrogen-bond donors (Lipinski definition) is 1. The minimum atomic E-state index is 0.326. The number of carbonyl (C=O) groups is 1. The standard InChI is InChI=1S/C5H5N3O/c9-4-8-5-6-2-1-3-7-5/h1-4H,(H,6,7,8,9). The molecule has 1 amide bonds. The fraction of sp³-hybridized carbons (Fsp3) is 0. The average Bonchev–Trinajstić information content (AvgIpc) is 1.91. The van der Waals surface area contributed by atoms with Crippen LogP contribution >= 0.6 is 0 Å². The van der Waals surface area contributed by atoms with Crippen LogP contribution in [0.1, 0.15) is 0 Å². The zero-order chi connectivity index (χ0) is 6.53. The molecule has 1 heterocycles. The van der Waals surface area contributed by atoms with Gasteiger partial charge in [0.15, 0.2) is 0 Å². The van der Waals surface area contributed by atoms with Crippen LogP contribution in [-0.2, 0) is 4.79 Å². The van der Waals surface area contributed by atoms with E-state index in [9.17, 15) is 4.79 Å². The number of aromatic nitrogens is 2. The monoisotopic (exact) mass is 123 g/mol. The highest BCUT2D eigenvalue weighted by Gasteiger charge is 1.85. The summed E-state index contributed by atoms with van der Waals surface area (Å²) in [6, 6.07) is 1.68. The molecule has 0 aromatic carbocycles. The van der Waals surface area contributed by atoms with E-state index in [1.165, 1.54) is 0 Å². The van der Waals surface area contributed by atoms with Crippen LogP contribution in [-0.4, -0.2) is 16.4 Å². The third kappa shape index (κ3) is 1.49. The van der Waals surface area contributed by atoms with Crippen LogP contribution in [0.2, 0.25) is 0 Å². The van der Waals surface area contributed by atoms with Gasteiger partial charge in [-0.15, -0.1) is 0 Å². The van der Waals surface area contributed by atoms with Gasteiger partial charge in [0.25, 0.3) is 0 Å². The first-order valence-electron chi connectivity index (χ1n) is 2.40. The molecule has 0 saturated heterocycles. The van der Waals surface area contributed by atoms with Crippen LogP contribution in [0.5, 0.6) is 0 Å². The van der Waals surface area contributed by atoms with Crippen molar-refractivity contribution in [3.8, 4) is 0 Å². The van der Waals surface area contributed by atoms with E-state index in [2.05, 4.69) is 15.3 Å². The highest BCUT2D eigenvalue weighted by Crippen LogP contribution is 1.89. The minimum Gasteiger partial charge on any atom is -0.297 e. The lowest BCUT2D eigenvalue weighted by Gasteiger charge is -1.90. The Morgan fingerprint density at radius 3 is 2.67 bits per heavy atom. The number of carbonyl (C=O) groups excluding carboxylic acids is 1. The van der Waals surface area contributed by atoms with Gasteiger partial charge in [0, 0.05) is 12.4 Å². The van der Waals surface area contributed by atoms with Crippen molar-refractivity contribution in [2.45, 2.75) is 0 Å². The van der Waals surface area contributed by atoms with Crippen molar-refractivity contribution >= 4 is 12.4 Å². The van der Waals surface area contributed by atoms with Crippen LogP contribution in [0.15, 0.2) is 18.5 Å². The van der Waals surface area contributed by atoms with E-state index in [0.29, 0.717) is 12.4 Å². The molecule has 1 aromatic heterocycles. The normalized spacial score (nSPS) is 8.44. The quantitative estimate of drug-likeness (QED) is 0.565. The zero-order valence-electron chi connectivity index (χ0n) is 4.61. The van der Waals surface area contributed by atoms with Gasteiger partial charge in [0.2, 0.25) is 12.4 Å². The van der Waals surface area contributed by atoms with Crippen LogP contribution in [0.25, 0.3) is 0 Å². The van der Waals surface area contributed by atoms with Crippen LogP contribution in [0, 0.1) is 0 Å². The lowest BCUT2D eigenvalue weighted by Crippen LogP contribution is -1.97. The van der Waals surface area contributed by atoms with Crippen LogP contribution in [0.4, 0.5) is 5.95 Å². The SMILES string of the molecule is O=CNc1ncccn1. The van der Waals surface area contributed by atoms with Crippen molar-refractivity contribution in [1.29, 1.82) is 0 Å². The molecule has 1 rings (SSSR count). The summed E-state index contributed by atoms with van der Waals surface area (Å²) >= 11 is 0. The van der Waals surface area contributed by atoms with Crippen molar-refractivity contribution in [2.24, 2.45) is 0 Å². The van der Waals surface area contributed by atoms with Gasteiger partial charge in [-0.3, -0.25) is 10.1 Å². The highest BCUT2D eigenvalue weighted by atomic mass is 16.1. The van der Waals surface area contributed by atoms with E-state index in [4.69, 9.17) is 0 Å². The Morgan fingerprint density at radius 2 is 2.11 bits per heavy atom. The summed E-state index contributed by atoms with van der Waals surface area (Å²) in [4.78, 5) is 17.2. The third-order valence-electron chi connectivity index (χ3n) is 0.754. The van der Waals surface area contributed by atoms with Gasteiger partial charge in [-0.05, 0) is 6.07 Å². The Bertz CT molecular complexity index is 187. The smallest absolute Gasteiger partial charge is 0.229 e. The topological polar surface area (TPSA) is 54.9 Å².